The molecule has 142 valence electrons. The predicted octanol–water partition coefficient (Wildman–Crippen LogP) is 1.86. The van der Waals surface area contributed by atoms with Gasteiger partial charge in [0, 0.05) is 19.5 Å². The van der Waals surface area contributed by atoms with Crippen LogP contribution in [-0.2, 0) is 9.59 Å². The van der Waals surface area contributed by atoms with Crippen LogP contribution in [0.25, 0.3) is 0 Å². The summed E-state index contributed by atoms with van der Waals surface area (Å²) >= 11 is 0. The summed E-state index contributed by atoms with van der Waals surface area (Å²) in [6.07, 6.45) is 2.37. The van der Waals surface area contributed by atoms with Crippen molar-refractivity contribution in [2.45, 2.75) is 33.1 Å². The van der Waals surface area contributed by atoms with Crippen molar-refractivity contribution in [3.63, 3.8) is 0 Å². The van der Waals surface area contributed by atoms with Crippen LogP contribution in [0.2, 0.25) is 0 Å². The van der Waals surface area contributed by atoms with Crippen LogP contribution in [0.5, 0.6) is 5.75 Å². The molecule has 0 aromatic heterocycles. The number of carbonyl (C=O) groups is 2. The van der Waals surface area contributed by atoms with Gasteiger partial charge in [0.1, 0.15) is 5.75 Å². The number of benzene rings is 1. The zero-order chi connectivity index (χ0) is 18.7. The number of aryl methyl sites for hydroxylation is 1. The van der Waals surface area contributed by atoms with Gasteiger partial charge in [-0.3, -0.25) is 9.59 Å². The average Bonchev–Trinajstić information content (AvgIpc) is 3.02. The van der Waals surface area contributed by atoms with Gasteiger partial charge in [0.25, 0.3) is 0 Å². The first-order valence-electron chi connectivity index (χ1n) is 9.35. The molecule has 26 heavy (non-hydrogen) atoms. The van der Waals surface area contributed by atoms with E-state index in [0.717, 1.165) is 37.2 Å². The van der Waals surface area contributed by atoms with Gasteiger partial charge in [0.05, 0.1) is 18.7 Å². The summed E-state index contributed by atoms with van der Waals surface area (Å²) in [6.45, 7) is 7.27. The van der Waals surface area contributed by atoms with Crippen LogP contribution < -0.4 is 20.3 Å². The maximum atomic E-state index is 12.6. The summed E-state index contributed by atoms with van der Waals surface area (Å²) in [5.74, 6) is 0.305. The van der Waals surface area contributed by atoms with Crippen LogP contribution >= 0.6 is 0 Å². The van der Waals surface area contributed by atoms with Gasteiger partial charge in [0.2, 0.25) is 11.8 Å². The van der Waals surface area contributed by atoms with Gasteiger partial charge in [-0.1, -0.05) is 13.0 Å². The lowest BCUT2D eigenvalue weighted by Gasteiger charge is -2.34. The first-order valence-corrected chi connectivity index (χ1v) is 9.35. The van der Waals surface area contributed by atoms with Crippen molar-refractivity contribution in [2.75, 3.05) is 38.2 Å². The van der Waals surface area contributed by atoms with Crippen LogP contribution in [-0.4, -0.2) is 45.1 Å². The summed E-state index contributed by atoms with van der Waals surface area (Å²) in [6, 6.07) is 5.75. The Balaban J connectivity index is 1.64. The minimum absolute atomic E-state index is 0.0211. The quantitative estimate of drug-likeness (QED) is 0.842. The van der Waals surface area contributed by atoms with Gasteiger partial charge >= 0.3 is 0 Å². The molecule has 2 saturated heterocycles. The molecule has 2 aliphatic rings. The van der Waals surface area contributed by atoms with E-state index in [1.807, 2.05) is 25.1 Å². The van der Waals surface area contributed by atoms with Crippen LogP contribution in [0.1, 0.15) is 31.7 Å². The van der Waals surface area contributed by atoms with Crippen molar-refractivity contribution in [2.24, 2.45) is 11.3 Å². The fourth-order valence-corrected chi connectivity index (χ4v) is 3.78. The molecule has 1 aromatic rings. The third-order valence-corrected chi connectivity index (χ3v) is 5.62. The third-order valence-electron chi connectivity index (χ3n) is 5.62. The molecule has 0 aliphatic carbocycles. The van der Waals surface area contributed by atoms with Gasteiger partial charge in [-0.25, -0.2) is 0 Å². The number of methoxy groups -OCH3 is 1. The molecule has 2 amide bonds. The number of piperidine rings is 1. The minimum Gasteiger partial charge on any atom is -0.495 e. The molecule has 2 heterocycles. The molecule has 3 rings (SSSR count). The number of anilines is 1. The average molecular weight is 359 g/mol. The fourth-order valence-electron chi connectivity index (χ4n) is 3.78. The maximum Gasteiger partial charge on any atom is 0.227 e. The lowest BCUT2D eigenvalue weighted by atomic mass is 9.81. The zero-order valence-corrected chi connectivity index (χ0v) is 15.9. The summed E-state index contributed by atoms with van der Waals surface area (Å²) in [5.41, 5.74) is 1.95. The minimum atomic E-state index is -0.307. The van der Waals surface area contributed by atoms with E-state index in [0.29, 0.717) is 18.8 Å². The smallest absolute Gasteiger partial charge is 0.227 e. The Morgan fingerprint density at radius 1 is 1.38 bits per heavy atom. The van der Waals surface area contributed by atoms with Crippen molar-refractivity contribution in [1.29, 1.82) is 0 Å². The fraction of sp³-hybridized carbons (Fsp3) is 0.600. The van der Waals surface area contributed by atoms with Crippen molar-refractivity contribution in [3.05, 3.63) is 23.8 Å². The maximum absolute atomic E-state index is 12.6. The molecule has 0 bridgehead atoms. The molecule has 0 spiro atoms. The topological polar surface area (TPSA) is 70.7 Å². The van der Waals surface area contributed by atoms with E-state index in [-0.39, 0.29) is 29.6 Å². The molecule has 6 heteroatoms. The summed E-state index contributed by atoms with van der Waals surface area (Å²) < 4.78 is 5.40. The molecule has 2 aliphatic heterocycles. The second-order valence-corrected chi connectivity index (χ2v) is 7.86. The molecule has 0 saturated carbocycles. The molecule has 2 N–H and O–H groups in total. The Morgan fingerprint density at radius 2 is 2.12 bits per heavy atom. The van der Waals surface area contributed by atoms with Crippen molar-refractivity contribution < 1.29 is 14.3 Å². The van der Waals surface area contributed by atoms with Crippen molar-refractivity contribution in [1.82, 2.24) is 10.6 Å². The number of rotatable bonds is 5. The van der Waals surface area contributed by atoms with Gasteiger partial charge in [-0.05, 0) is 56.0 Å². The van der Waals surface area contributed by atoms with Gasteiger partial charge in [0.15, 0.2) is 0 Å². The Bertz CT molecular complexity index is 683. The van der Waals surface area contributed by atoms with E-state index in [4.69, 9.17) is 4.74 Å². The highest BCUT2D eigenvalue weighted by molar-refractivity contribution is 6.01. The Kier molecular flexibility index (Phi) is 5.51. The summed E-state index contributed by atoms with van der Waals surface area (Å²) in [5, 5.41) is 6.44. The molecule has 1 atom stereocenters. The highest BCUT2D eigenvalue weighted by atomic mass is 16.5. The van der Waals surface area contributed by atoms with E-state index in [2.05, 4.69) is 17.6 Å². The van der Waals surface area contributed by atoms with Crippen LogP contribution in [0.15, 0.2) is 18.2 Å². The Hall–Kier alpha value is -2.08. The molecule has 0 radical (unpaired) electrons. The Labute approximate surface area is 155 Å². The number of hydrogen-bond acceptors (Lipinski definition) is 4. The number of carbonyl (C=O) groups excluding carboxylic acids is 2. The second-order valence-electron chi connectivity index (χ2n) is 7.86. The van der Waals surface area contributed by atoms with Gasteiger partial charge in [-0.2, -0.15) is 0 Å². The van der Waals surface area contributed by atoms with E-state index >= 15 is 0 Å². The van der Waals surface area contributed by atoms with Crippen LogP contribution in [0, 0.1) is 18.3 Å². The normalized spacial score (nSPS) is 22.3. The zero-order valence-electron chi connectivity index (χ0n) is 15.9. The largest absolute Gasteiger partial charge is 0.495 e. The van der Waals surface area contributed by atoms with E-state index in [1.54, 1.807) is 12.0 Å². The highest BCUT2D eigenvalue weighted by Crippen LogP contribution is 2.34. The van der Waals surface area contributed by atoms with Crippen molar-refractivity contribution >= 4 is 17.5 Å². The monoisotopic (exact) mass is 359 g/mol. The number of nitrogens with one attached hydrogen (secondary N) is 2. The van der Waals surface area contributed by atoms with Crippen molar-refractivity contribution in [3.8, 4) is 5.75 Å². The van der Waals surface area contributed by atoms with Gasteiger partial charge in [-0.15, -0.1) is 0 Å². The molecule has 1 aromatic carbocycles. The summed E-state index contributed by atoms with van der Waals surface area (Å²) in [4.78, 5) is 26.8. The molecule has 1 unspecified atom stereocenters. The number of amides is 2. The standard InChI is InChI=1S/C20H29N3O3/c1-14-4-5-17(26-3)16(10-14)23-12-15(11-18(23)24)19(25)22-13-20(2)6-8-21-9-7-20/h4-5,10,15,21H,6-9,11-13H2,1-3H3,(H,22,25). The van der Waals surface area contributed by atoms with Crippen LogP contribution in [0.4, 0.5) is 5.69 Å². The SMILES string of the molecule is COc1ccc(C)cc1N1CC(C(=O)NCC2(C)CCNCC2)CC1=O. The number of ether oxygens (including phenoxy) is 1. The molecule has 2 fully saturated rings. The second kappa shape index (κ2) is 7.66. The van der Waals surface area contributed by atoms with E-state index in [9.17, 15) is 9.59 Å². The highest BCUT2D eigenvalue weighted by Gasteiger charge is 2.37. The first kappa shape index (κ1) is 18.7. The number of nitrogens with zero attached hydrogens (tertiary/aromatic N) is 1. The summed E-state index contributed by atoms with van der Waals surface area (Å²) in [7, 11) is 1.60. The third kappa shape index (κ3) is 4.01. The van der Waals surface area contributed by atoms with E-state index in [1.165, 1.54) is 0 Å². The lowest BCUT2D eigenvalue weighted by molar-refractivity contribution is -0.126. The molecular formula is C20H29N3O3. The first-order chi connectivity index (χ1) is 12.4. The predicted molar refractivity (Wildman–Crippen MR) is 101 cm³/mol. The van der Waals surface area contributed by atoms with E-state index < -0.39 is 0 Å². The van der Waals surface area contributed by atoms with Crippen LogP contribution in [0.3, 0.4) is 0 Å². The molecular weight excluding hydrogens is 330 g/mol. The molecule has 6 nitrogen and oxygen atoms in total. The van der Waals surface area contributed by atoms with Gasteiger partial charge < -0.3 is 20.3 Å². The number of hydrogen-bond donors (Lipinski definition) is 2. The lowest BCUT2D eigenvalue weighted by Crippen LogP contribution is -2.44. The Morgan fingerprint density at radius 3 is 2.81 bits per heavy atom.